The van der Waals surface area contributed by atoms with Gasteiger partial charge in [-0.2, -0.15) is 0 Å². The van der Waals surface area contributed by atoms with Gasteiger partial charge < -0.3 is 28.6 Å². The largest absolute Gasteiger partial charge is 0.467 e. The van der Waals surface area contributed by atoms with Crippen molar-refractivity contribution in [2.45, 2.75) is 84.9 Å². The Hall–Kier alpha value is -2.81. The van der Waals surface area contributed by atoms with Gasteiger partial charge in [0.25, 0.3) is 6.47 Å². The van der Waals surface area contributed by atoms with E-state index in [1.54, 1.807) is 0 Å². The average Bonchev–Trinajstić information content (AvgIpc) is 3.38. The highest BCUT2D eigenvalue weighted by atomic mass is 16.5. The zero-order valence-electron chi connectivity index (χ0n) is 29.1. The number of benzene rings is 1. The maximum absolute atomic E-state index is 11.3. The number of hydrogen-bond donors (Lipinski definition) is 0. The van der Waals surface area contributed by atoms with Crippen molar-refractivity contribution in [3.8, 4) is 0 Å². The topological polar surface area (TPSA) is 59.4 Å². The second-order valence-electron chi connectivity index (χ2n) is 14.8. The number of piperidine rings is 2. The average molecular weight is 633 g/mol. The summed E-state index contributed by atoms with van der Waals surface area (Å²) in [4.78, 5) is 18.9. The second kappa shape index (κ2) is 14.1. The van der Waals surface area contributed by atoms with Gasteiger partial charge in [-0.3, -0.25) is 9.69 Å². The Kier molecular flexibility index (Phi) is 10.2. The number of hydrogen-bond acceptors (Lipinski definition) is 7. The number of methoxy groups -OCH3 is 1. The van der Waals surface area contributed by atoms with E-state index in [2.05, 4.69) is 78.3 Å². The van der Waals surface area contributed by atoms with Crippen LogP contribution in [0.5, 0.6) is 0 Å². The molecule has 0 amide bonds. The van der Waals surface area contributed by atoms with E-state index in [0.29, 0.717) is 25.0 Å². The number of aromatic nitrogens is 1. The van der Waals surface area contributed by atoms with Gasteiger partial charge in [-0.05, 0) is 100 Å². The van der Waals surface area contributed by atoms with E-state index in [1.807, 2.05) is 7.11 Å². The lowest BCUT2D eigenvalue weighted by Gasteiger charge is -2.44. The van der Waals surface area contributed by atoms with Crippen LogP contribution < -0.4 is 4.90 Å². The number of rotatable bonds is 11. The van der Waals surface area contributed by atoms with Crippen LogP contribution in [0.2, 0.25) is 0 Å². The van der Waals surface area contributed by atoms with Gasteiger partial charge in [0.05, 0.1) is 37.3 Å². The first-order chi connectivity index (χ1) is 22.2. The van der Waals surface area contributed by atoms with Crippen molar-refractivity contribution >= 4 is 28.6 Å². The number of carbonyl (C=O) groups excluding carboxylic acids is 1. The van der Waals surface area contributed by atoms with Crippen LogP contribution in [0.1, 0.15) is 71.1 Å². The Bertz CT molecular complexity index is 1450. The fraction of sp³-hybridized carbons (Fsp3) is 0.658. The predicted molar refractivity (Wildman–Crippen MR) is 186 cm³/mol. The van der Waals surface area contributed by atoms with Gasteiger partial charge in [-0.15, -0.1) is 0 Å². The molecule has 0 saturated carbocycles. The first-order valence-electron chi connectivity index (χ1n) is 17.7. The van der Waals surface area contributed by atoms with Crippen molar-refractivity contribution in [2.75, 3.05) is 71.6 Å². The molecule has 4 aliphatic heterocycles. The molecule has 8 heteroatoms. The Morgan fingerprint density at radius 3 is 2.67 bits per heavy atom. The van der Waals surface area contributed by atoms with Crippen molar-refractivity contribution in [3.63, 3.8) is 0 Å². The molecule has 0 bridgehead atoms. The molecular weight excluding hydrogens is 576 g/mol. The van der Waals surface area contributed by atoms with Gasteiger partial charge in [0.1, 0.15) is 0 Å². The van der Waals surface area contributed by atoms with Crippen LogP contribution in [0.25, 0.3) is 16.5 Å². The number of aryl methyl sites for hydroxylation is 1. The zero-order valence-corrected chi connectivity index (χ0v) is 29.1. The number of morpholine rings is 1. The highest BCUT2D eigenvalue weighted by molar-refractivity contribution is 5.95. The molecule has 6 rings (SSSR count). The van der Waals surface area contributed by atoms with Gasteiger partial charge >= 0.3 is 0 Å². The third-order valence-electron chi connectivity index (χ3n) is 11.0. The fourth-order valence-electron chi connectivity index (χ4n) is 8.62. The molecule has 3 atom stereocenters. The van der Waals surface area contributed by atoms with Crippen LogP contribution in [-0.4, -0.2) is 99.7 Å². The van der Waals surface area contributed by atoms with E-state index in [0.717, 1.165) is 65.3 Å². The summed E-state index contributed by atoms with van der Waals surface area (Å²) >= 11 is 0. The van der Waals surface area contributed by atoms with Crippen molar-refractivity contribution in [1.82, 2.24) is 14.4 Å². The summed E-state index contributed by atoms with van der Waals surface area (Å²) in [7, 11) is 4.06. The van der Waals surface area contributed by atoms with Crippen molar-refractivity contribution < 1.29 is 19.0 Å². The molecule has 8 nitrogen and oxygen atoms in total. The second-order valence-corrected chi connectivity index (χ2v) is 14.8. The van der Waals surface area contributed by atoms with Crippen molar-refractivity contribution in [2.24, 2.45) is 11.3 Å². The van der Waals surface area contributed by atoms with Gasteiger partial charge in [0.15, 0.2) is 0 Å². The lowest BCUT2D eigenvalue weighted by Crippen LogP contribution is -2.50. The summed E-state index contributed by atoms with van der Waals surface area (Å²) in [5.41, 5.74) is 9.01. The van der Waals surface area contributed by atoms with Gasteiger partial charge in [0, 0.05) is 80.5 Å². The Morgan fingerprint density at radius 2 is 1.93 bits per heavy atom. The van der Waals surface area contributed by atoms with Crippen LogP contribution in [0.4, 0.5) is 5.69 Å². The molecular formula is C38H56N4O4. The normalized spacial score (nSPS) is 23.8. The highest BCUT2D eigenvalue weighted by Crippen LogP contribution is 2.43. The van der Waals surface area contributed by atoms with Gasteiger partial charge in [-0.1, -0.05) is 13.8 Å². The molecule has 252 valence electrons. The molecule has 5 heterocycles. The molecule has 1 aromatic carbocycles. The lowest BCUT2D eigenvalue weighted by molar-refractivity contribution is -0.131. The summed E-state index contributed by atoms with van der Waals surface area (Å²) < 4.78 is 19.9. The number of carbonyl (C=O) groups is 1. The minimum absolute atomic E-state index is 0.0575. The van der Waals surface area contributed by atoms with Crippen molar-refractivity contribution in [1.29, 1.82) is 0 Å². The molecule has 3 saturated heterocycles. The maximum atomic E-state index is 11.3. The van der Waals surface area contributed by atoms with E-state index in [-0.39, 0.29) is 11.5 Å². The third-order valence-corrected chi connectivity index (χ3v) is 11.0. The van der Waals surface area contributed by atoms with Crippen LogP contribution in [0, 0.1) is 11.3 Å². The number of nitrogens with zero attached hydrogens (tertiary/aromatic N) is 4. The van der Waals surface area contributed by atoms with E-state index in [4.69, 9.17) is 14.2 Å². The summed E-state index contributed by atoms with van der Waals surface area (Å²) in [5.74, 6) is 0.533. The van der Waals surface area contributed by atoms with Crippen LogP contribution in [-0.2, 0) is 32.0 Å². The molecule has 0 spiro atoms. The lowest BCUT2D eigenvalue weighted by atomic mass is 9.80. The monoisotopic (exact) mass is 632 g/mol. The predicted octanol–water partition coefficient (Wildman–Crippen LogP) is 6.12. The number of ether oxygens (including phenoxy) is 3. The van der Waals surface area contributed by atoms with Gasteiger partial charge in [0.2, 0.25) is 0 Å². The molecule has 4 aliphatic rings. The molecule has 46 heavy (non-hydrogen) atoms. The van der Waals surface area contributed by atoms with Crippen LogP contribution in [0.15, 0.2) is 35.5 Å². The minimum Gasteiger partial charge on any atom is -0.467 e. The summed E-state index contributed by atoms with van der Waals surface area (Å²) in [5, 5.41) is 1.31. The van der Waals surface area contributed by atoms with Gasteiger partial charge in [-0.25, -0.2) is 0 Å². The molecule has 0 N–H and O–H groups in total. The molecule has 1 aromatic heterocycles. The fourth-order valence-corrected chi connectivity index (χ4v) is 8.62. The molecule has 3 fully saturated rings. The number of likely N-dealkylation sites (N-methyl/N-ethyl adjacent to an activating group) is 1. The van der Waals surface area contributed by atoms with Crippen LogP contribution in [0.3, 0.4) is 0 Å². The minimum atomic E-state index is -0.238. The highest BCUT2D eigenvalue weighted by Gasteiger charge is 2.36. The standard InChI is InChI=1S/C38H56N4O4/c1-7-42-35-12-11-30(40-14-9-8-10-15-40)21-32(35)34(22-38(3,4)25-46-26-43)37(42)33-20-29(23-39(5)36(33)27(2)44-6)28-13-16-41-17-18-45-24-31(41)19-28/h11-12,20-21,26-28,31H,7-10,13-19,22-25H2,1-6H3/t27-,28+,31-/m0/s1. The maximum Gasteiger partial charge on any atom is 0.293 e. The molecule has 0 radical (unpaired) electrons. The number of allylic oxidation sites excluding steroid dienone is 2. The Balaban J connectivity index is 1.53. The van der Waals surface area contributed by atoms with E-state index in [9.17, 15) is 4.79 Å². The quantitative estimate of drug-likeness (QED) is 0.277. The van der Waals surface area contributed by atoms with E-state index < -0.39 is 0 Å². The van der Waals surface area contributed by atoms with E-state index in [1.165, 1.54) is 70.4 Å². The molecule has 0 aliphatic carbocycles. The summed E-state index contributed by atoms with van der Waals surface area (Å²) in [6.45, 7) is 17.8. The molecule has 2 aromatic rings. The third kappa shape index (κ3) is 6.63. The van der Waals surface area contributed by atoms with E-state index >= 15 is 0 Å². The SMILES string of the molecule is CCn1c(C2=C([C@H](C)OC)N(C)CC([C@@H]3CCN4CCOC[C@@H]4C3)=C2)c(CC(C)(C)COC=O)c2cc(N3CCCCC3)ccc21. The Morgan fingerprint density at radius 1 is 1.13 bits per heavy atom. The summed E-state index contributed by atoms with van der Waals surface area (Å²) in [6.07, 6.45) is 9.44. The molecule has 0 unspecified atom stereocenters. The Labute approximate surface area is 276 Å². The number of fused-ring (bicyclic) bond motifs is 2. The first-order valence-corrected chi connectivity index (χ1v) is 17.7. The van der Waals surface area contributed by atoms with Crippen molar-refractivity contribution in [3.05, 3.63) is 46.8 Å². The zero-order chi connectivity index (χ0) is 32.4. The first kappa shape index (κ1) is 33.1. The smallest absolute Gasteiger partial charge is 0.293 e. The number of anilines is 1. The summed E-state index contributed by atoms with van der Waals surface area (Å²) in [6, 6.07) is 7.63. The van der Waals surface area contributed by atoms with Crippen LogP contribution >= 0.6 is 0 Å².